The van der Waals surface area contributed by atoms with Crippen molar-refractivity contribution in [3.05, 3.63) is 59.4 Å². The summed E-state index contributed by atoms with van der Waals surface area (Å²) in [5.74, 6) is 0.632. The molecule has 0 unspecified atom stereocenters. The van der Waals surface area contributed by atoms with E-state index in [0.717, 1.165) is 16.9 Å². The van der Waals surface area contributed by atoms with Crippen molar-refractivity contribution in [3.8, 4) is 5.75 Å². The van der Waals surface area contributed by atoms with Gasteiger partial charge >= 0.3 is 0 Å². The summed E-state index contributed by atoms with van der Waals surface area (Å²) in [5.41, 5.74) is 7.78. The Morgan fingerprint density at radius 2 is 2.05 bits per heavy atom. The molecule has 1 amide bonds. The van der Waals surface area contributed by atoms with E-state index in [9.17, 15) is 4.79 Å². The quantitative estimate of drug-likeness (QED) is 0.910. The van der Waals surface area contributed by atoms with Crippen LogP contribution in [0.5, 0.6) is 5.75 Å². The highest BCUT2D eigenvalue weighted by Crippen LogP contribution is 2.19. The SMILES string of the molecule is COc1ccccc1CN(C)C(=O)c1ccc(CN)cn1. The summed E-state index contributed by atoms with van der Waals surface area (Å²) < 4.78 is 5.29. The third-order valence-corrected chi connectivity index (χ3v) is 3.23. The average Bonchev–Trinajstić information content (AvgIpc) is 2.54. The second-order valence-corrected chi connectivity index (χ2v) is 4.73. The van der Waals surface area contributed by atoms with Gasteiger partial charge < -0.3 is 15.4 Å². The lowest BCUT2D eigenvalue weighted by Crippen LogP contribution is -2.27. The van der Waals surface area contributed by atoms with Gasteiger partial charge in [0, 0.05) is 31.9 Å². The Kier molecular flexibility index (Phi) is 4.90. The zero-order valence-corrected chi connectivity index (χ0v) is 12.2. The first-order valence-electron chi connectivity index (χ1n) is 6.68. The first-order chi connectivity index (χ1) is 10.2. The summed E-state index contributed by atoms with van der Waals surface area (Å²) in [6.45, 7) is 0.877. The van der Waals surface area contributed by atoms with E-state index >= 15 is 0 Å². The normalized spacial score (nSPS) is 10.2. The fourth-order valence-corrected chi connectivity index (χ4v) is 2.03. The number of benzene rings is 1. The lowest BCUT2D eigenvalue weighted by molar-refractivity contribution is 0.0778. The molecule has 1 heterocycles. The van der Waals surface area contributed by atoms with Crippen LogP contribution in [0.4, 0.5) is 0 Å². The number of pyridine rings is 1. The lowest BCUT2D eigenvalue weighted by Gasteiger charge is -2.18. The molecule has 5 nitrogen and oxygen atoms in total. The first kappa shape index (κ1) is 15.0. The zero-order valence-electron chi connectivity index (χ0n) is 12.2. The molecule has 0 atom stereocenters. The van der Waals surface area contributed by atoms with Crippen LogP contribution in [0, 0.1) is 0 Å². The van der Waals surface area contributed by atoms with Crippen molar-refractivity contribution in [2.75, 3.05) is 14.2 Å². The van der Waals surface area contributed by atoms with E-state index in [0.29, 0.717) is 18.8 Å². The lowest BCUT2D eigenvalue weighted by atomic mass is 10.2. The van der Waals surface area contributed by atoms with Crippen LogP contribution in [0.3, 0.4) is 0 Å². The molecule has 5 heteroatoms. The summed E-state index contributed by atoms with van der Waals surface area (Å²) in [5, 5.41) is 0. The van der Waals surface area contributed by atoms with Crippen molar-refractivity contribution < 1.29 is 9.53 Å². The van der Waals surface area contributed by atoms with E-state index in [4.69, 9.17) is 10.5 Å². The number of ether oxygens (including phenoxy) is 1. The van der Waals surface area contributed by atoms with E-state index in [2.05, 4.69) is 4.98 Å². The van der Waals surface area contributed by atoms with Crippen molar-refractivity contribution in [2.45, 2.75) is 13.1 Å². The molecule has 2 N–H and O–H groups in total. The standard InChI is InChI=1S/C16H19N3O2/c1-19(11-13-5-3-4-6-15(13)21-2)16(20)14-8-7-12(9-17)10-18-14/h3-8,10H,9,11,17H2,1-2H3. The van der Waals surface area contributed by atoms with Crippen molar-refractivity contribution in [1.82, 2.24) is 9.88 Å². The Balaban J connectivity index is 2.11. The molecule has 0 radical (unpaired) electrons. The Morgan fingerprint density at radius 3 is 2.67 bits per heavy atom. The van der Waals surface area contributed by atoms with Crippen molar-refractivity contribution >= 4 is 5.91 Å². The monoisotopic (exact) mass is 285 g/mol. The van der Waals surface area contributed by atoms with Crippen LogP contribution < -0.4 is 10.5 Å². The largest absolute Gasteiger partial charge is 0.496 e. The number of hydrogen-bond acceptors (Lipinski definition) is 4. The van der Waals surface area contributed by atoms with E-state index in [-0.39, 0.29) is 5.91 Å². The van der Waals surface area contributed by atoms with E-state index in [1.165, 1.54) is 0 Å². The minimum absolute atomic E-state index is 0.135. The van der Waals surface area contributed by atoms with Crippen molar-refractivity contribution in [3.63, 3.8) is 0 Å². The minimum atomic E-state index is -0.135. The van der Waals surface area contributed by atoms with Crippen LogP contribution in [-0.2, 0) is 13.1 Å². The molecule has 0 saturated carbocycles. The number of nitrogens with zero attached hydrogens (tertiary/aromatic N) is 2. The number of hydrogen-bond donors (Lipinski definition) is 1. The number of rotatable bonds is 5. The maximum absolute atomic E-state index is 12.3. The summed E-state index contributed by atoms with van der Waals surface area (Å²) in [6, 6.07) is 11.2. The summed E-state index contributed by atoms with van der Waals surface area (Å²) >= 11 is 0. The number of carbonyl (C=O) groups excluding carboxylic acids is 1. The zero-order chi connectivity index (χ0) is 15.2. The Morgan fingerprint density at radius 1 is 1.29 bits per heavy atom. The fourth-order valence-electron chi connectivity index (χ4n) is 2.03. The third kappa shape index (κ3) is 3.58. The Hall–Kier alpha value is -2.40. The van der Waals surface area contributed by atoms with Crippen LogP contribution in [0.1, 0.15) is 21.6 Å². The molecule has 1 aromatic carbocycles. The van der Waals surface area contributed by atoms with Crippen LogP contribution in [0.25, 0.3) is 0 Å². The Bertz CT molecular complexity index is 611. The second-order valence-electron chi connectivity index (χ2n) is 4.73. The van der Waals surface area contributed by atoms with Gasteiger partial charge in [-0.25, -0.2) is 0 Å². The summed E-state index contributed by atoms with van der Waals surface area (Å²) in [7, 11) is 3.36. The highest BCUT2D eigenvalue weighted by molar-refractivity contribution is 5.92. The predicted octanol–water partition coefficient (Wildman–Crippen LogP) is 1.82. The number of amides is 1. The molecule has 0 aliphatic rings. The van der Waals surface area contributed by atoms with Gasteiger partial charge in [-0.2, -0.15) is 0 Å². The van der Waals surface area contributed by atoms with Crippen LogP contribution >= 0.6 is 0 Å². The van der Waals surface area contributed by atoms with Crippen LogP contribution in [0.15, 0.2) is 42.6 Å². The van der Waals surface area contributed by atoms with Gasteiger partial charge in [-0.15, -0.1) is 0 Å². The molecular weight excluding hydrogens is 266 g/mol. The first-order valence-corrected chi connectivity index (χ1v) is 6.68. The van der Waals surface area contributed by atoms with Gasteiger partial charge in [-0.1, -0.05) is 24.3 Å². The van der Waals surface area contributed by atoms with E-state index < -0.39 is 0 Å². The Labute approximate surface area is 124 Å². The molecule has 2 aromatic rings. The van der Waals surface area contributed by atoms with Gasteiger partial charge in [0.05, 0.1) is 7.11 Å². The maximum Gasteiger partial charge on any atom is 0.272 e. The molecule has 0 saturated heterocycles. The maximum atomic E-state index is 12.3. The fraction of sp³-hybridized carbons (Fsp3) is 0.250. The highest BCUT2D eigenvalue weighted by atomic mass is 16.5. The molecule has 0 fully saturated rings. The number of nitrogens with two attached hydrogens (primary N) is 1. The van der Waals surface area contributed by atoms with Gasteiger partial charge in [-0.05, 0) is 17.7 Å². The number of para-hydroxylation sites is 1. The average molecular weight is 285 g/mol. The van der Waals surface area contributed by atoms with Crippen molar-refractivity contribution in [2.24, 2.45) is 5.73 Å². The minimum Gasteiger partial charge on any atom is -0.496 e. The van der Waals surface area contributed by atoms with Gasteiger partial charge in [0.25, 0.3) is 5.91 Å². The van der Waals surface area contributed by atoms with E-state index in [1.54, 1.807) is 31.3 Å². The number of carbonyl (C=O) groups is 1. The highest BCUT2D eigenvalue weighted by Gasteiger charge is 2.14. The van der Waals surface area contributed by atoms with E-state index in [1.807, 2.05) is 30.3 Å². The van der Waals surface area contributed by atoms with Gasteiger partial charge in [0.15, 0.2) is 0 Å². The number of methoxy groups -OCH3 is 1. The van der Waals surface area contributed by atoms with Crippen LogP contribution in [0.2, 0.25) is 0 Å². The molecule has 2 rings (SSSR count). The molecule has 1 aromatic heterocycles. The molecular formula is C16H19N3O2. The molecule has 0 spiro atoms. The molecule has 21 heavy (non-hydrogen) atoms. The van der Waals surface area contributed by atoms with Gasteiger partial charge in [0.1, 0.15) is 11.4 Å². The predicted molar refractivity (Wildman–Crippen MR) is 80.9 cm³/mol. The molecule has 0 aliphatic heterocycles. The van der Waals surface area contributed by atoms with Gasteiger partial charge in [0.2, 0.25) is 0 Å². The molecule has 110 valence electrons. The molecule has 0 aliphatic carbocycles. The summed E-state index contributed by atoms with van der Waals surface area (Å²) in [6.07, 6.45) is 1.63. The third-order valence-electron chi connectivity index (χ3n) is 3.23. The smallest absolute Gasteiger partial charge is 0.272 e. The topological polar surface area (TPSA) is 68.5 Å². The van der Waals surface area contributed by atoms with Crippen LogP contribution in [-0.4, -0.2) is 29.9 Å². The second kappa shape index (κ2) is 6.85. The number of aromatic nitrogens is 1. The summed E-state index contributed by atoms with van der Waals surface area (Å²) in [4.78, 5) is 18.1. The van der Waals surface area contributed by atoms with Gasteiger partial charge in [-0.3, -0.25) is 9.78 Å². The molecule has 0 bridgehead atoms. The van der Waals surface area contributed by atoms with Crippen molar-refractivity contribution in [1.29, 1.82) is 0 Å².